The molecule has 0 heterocycles. The molecule has 0 atom stereocenters. The molecule has 3 aromatic carbocycles. The topological polar surface area (TPSA) is 86.5 Å². The number of alkyl halides is 3. The van der Waals surface area contributed by atoms with Crippen LogP contribution in [0.5, 0.6) is 5.75 Å². The fourth-order valence-electron chi connectivity index (χ4n) is 3.35. The third kappa shape index (κ3) is 3.66. The second kappa shape index (κ2) is 7.24. The number of nitrogens with zero attached hydrogens (tertiary/aromatic N) is 1. The number of nitro groups is 1. The van der Waals surface area contributed by atoms with Gasteiger partial charge in [-0.15, -0.1) is 0 Å². The van der Waals surface area contributed by atoms with Crippen molar-refractivity contribution in [1.29, 1.82) is 0 Å². The van der Waals surface area contributed by atoms with Crippen molar-refractivity contribution in [3.8, 4) is 16.9 Å². The summed E-state index contributed by atoms with van der Waals surface area (Å²) in [5, 5.41) is 11.2. The van der Waals surface area contributed by atoms with E-state index in [1.54, 1.807) is 24.3 Å². The van der Waals surface area contributed by atoms with Gasteiger partial charge in [-0.05, 0) is 46.0 Å². The quantitative estimate of drug-likeness (QED) is 0.181. The van der Waals surface area contributed by atoms with Gasteiger partial charge in [0.25, 0.3) is 5.69 Å². The van der Waals surface area contributed by atoms with Gasteiger partial charge >= 0.3 is 15.6 Å². The Hall–Kier alpha value is -3.66. The molecular formula is C21H12F3NO5S. The maximum atomic E-state index is 12.8. The van der Waals surface area contributed by atoms with Crippen molar-refractivity contribution >= 4 is 27.5 Å². The lowest BCUT2D eigenvalue weighted by Crippen LogP contribution is -2.28. The number of halogens is 3. The predicted octanol–water partition coefficient (Wildman–Crippen LogP) is 5.39. The molecule has 0 unspecified atom stereocenters. The molecule has 0 N–H and O–H groups in total. The van der Waals surface area contributed by atoms with Crippen LogP contribution in [0.4, 0.5) is 18.9 Å². The van der Waals surface area contributed by atoms with Crippen LogP contribution in [-0.2, 0) is 10.1 Å². The Labute approximate surface area is 174 Å². The van der Waals surface area contributed by atoms with Crippen molar-refractivity contribution in [3.63, 3.8) is 0 Å². The summed E-state index contributed by atoms with van der Waals surface area (Å²) in [5.74, 6) is -0.510. The maximum absolute atomic E-state index is 12.8. The lowest BCUT2D eigenvalue weighted by atomic mass is 10.0. The molecule has 158 valence electrons. The second-order valence-electron chi connectivity index (χ2n) is 6.61. The number of fused-ring (bicyclic) bond motifs is 3. The highest BCUT2D eigenvalue weighted by Crippen LogP contribution is 2.46. The van der Waals surface area contributed by atoms with E-state index in [2.05, 4.69) is 4.18 Å². The Bertz CT molecular complexity index is 1350. The monoisotopic (exact) mass is 447 g/mol. The van der Waals surface area contributed by atoms with E-state index in [0.717, 1.165) is 11.6 Å². The first-order chi connectivity index (χ1) is 14.6. The molecule has 1 aliphatic carbocycles. The van der Waals surface area contributed by atoms with E-state index in [1.165, 1.54) is 36.4 Å². The minimum Gasteiger partial charge on any atom is -0.375 e. The van der Waals surface area contributed by atoms with Crippen LogP contribution >= 0.6 is 0 Å². The molecule has 0 fully saturated rings. The summed E-state index contributed by atoms with van der Waals surface area (Å²) in [6.07, 6.45) is 1.45. The molecular weight excluding hydrogens is 435 g/mol. The Morgan fingerprint density at radius 2 is 1.48 bits per heavy atom. The van der Waals surface area contributed by atoms with E-state index in [9.17, 15) is 31.7 Å². The van der Waals surface area contributed by atoms with Crippen LogP contribution in [0.15, 0.2) is 66.7 Å². The number of benzene rings is 3. The zero-order valence-electron chi connectivity index (χ0n) is 15.5. The fraction of sp³-hybridized carbons (Fsp3) is 0.0476. The van der Waals surface area contributed by atoms with Crippen molar-refractivity contribution in [1.82, 2.24) is 0 Å². The van der Waals surface area contributed by atoms with E-state index < -0.39 is 26.3 Å². The summed E-state index contributed by atoms with van der Waals surface area (Å²) in [4.78, 5) is 10.7. The highest BCUT2D eigenvalue weighted by atomic mass is 32.2. The van der Waals surface area contributed by atoms with Crippen LogP contribution in [0.3, 0.4) is 0 Å². The van der Waals surface area contributed by atoms with Crippen molar-refractivity contribution in [3.05, 3.63) is 93.5 Å². The van der Waals surface area contributed by atoms with Crippen LogP contribution in [0.2, 0.25) is 0 Å². The lowest BCUT2D eigenvalue weighted by Gasteiger charge is -2.12. The number of hydrogen-bond donors (Lipinski definition) is 0. The zero-order valence-corrected chi connectivity index (χ0v) is 16.3. The fourth-order valence-corrected chi connectivity index (χ4v) is 3.84. The van der Waals surface area contributed by atoms with Gasteiger partial charge in [0.1, 0.15) is 5.75 Å². The molecule has 0 saturated heterocycles. The van der Waals surface area contributed by atoms with Crippen LogP contribution in [0.25, 0.3) is 22.8 Å². The largest absolute Gasteiger partial charge is 0.534 e. The molecule has 4 rings (SSSR count). The van der Waals surface area contributed by atoms with Crippen LogP contribution < -0.4 is 4.18 Å². The first-order valence-electron chi connectivity index (χ1n) is 8.78. The van der Waals surface area contributed by atoms with E-state index in [0.29, 0.717) is 22.3 Å². The van der Waals surface area contributed by atoms with Crippen molar-refractivity contribution < 1.29 is 30.7 Å². The summed E-state index contributed by atoms with van der Waals surface area (Å²) < 4.78 is 65.6. The number of hydrogen-bond acceptors (Lipinski definition) is 5. The van der Waals surface area contributed by atoms with Gasteiger partial charge in [-0.1, -0.05) is 42.5 Å². The standard InChI is InChI=1S/C21H12F3NO5S/c22-21(23,24)31(28,29)30-20-8-4-1-5-13(20)11-18-16-7-3-2-6-15(16)17-10-9-14(25(26)27)12-19(17)18/h1-12H. The number of nitro benzene ring substituents is 1. The summed E-state index contributed by atoms with van der Waals surface area (Å²) in [6, 6.07) is 16.8. The van der Waals surface area contributed by atoms with Gasteiger partial charge in [0.15, 0.2) is 0 Å². The number of para-hydroxylation sites is 1. The lowest BCUT2D eigenvalue weighted by molar-refractivity contribution is -0.384. The zero-order chi connectivity index (χ0) is 22.4. The van der Waals surface area contributed by atoms with E-state index in [4.69, 9.17) is 0 Å². The molecule has 0 spiro atoms. The Morgan fingerprint density at radius 3 is 2.16 bits per heavy atom. The van der Waals surface area contributed by atoms with Crippen LogP contribution in [-0.4, -0.2) is 18.8 Å². The molecule has 31 heavy (non-hydrogen) atoms. The molecule has 0 amide bonds. The summed E-state index contributed by atoms with van der Waals surface area (Å²) >= 11 is 0. The van der Waals surface area contributed by atoms with Crippen LogP contribution in [0, 0.1) is 10.1 Å². The van der Waals surface area contributed by atoms with E-state index in [-0.39, 0.29) is 11.3 Å². The predicted molar refractivity (Wildman–Crippen MR) is 108 cm³/mol. The van der Waals surface area contributed by atoms with Gasteiger partial charge in [0.05, 0.1) is 4.92 Å². The molecule has 6 nitrogen and oxygen atoms in total. The van der Waals surface area contributed by atoms with E-state index in [1.807, 2.05) is 6.07 Å². The smallest absolute Gasteiger partial charge is 0.375 e. The third-order valence-corrected chi connectivity index (χ3v) is 5.68. The third-order valence-electron chi connectivity index (χ3n) is 4.71. The van der Waals surface area contributed by atoms with Gasteiger partial charge in [-0.25, -0.2) is 0 Å². The van der Waals surface area contributed by atoms with Gasteiger partial charge in [0, 0.05) is 17.7 Å². The Morgan fingerprint density at radius 1 is 0.871 bits per heavy atom. The molecule has 0 saturated carbocycles. The SMILES string of the molecule is O=[N+]([O-])c1ccc2c(c1)C(=Cc1ccccc1OS(=O)(=O)C(F)(F)F)c1ccccc1-2. The molecule has 0 radical (unpaired) electrons. The molecule has 0 aromatic heterocycles. The average Bonchev–Trinajstić information content (AvgIpc) is 3.02. The maximum Gasteiger partial charge on any atom is 0.534 e. The Kier molecular flexibility index (Phi) is 4.81. The second-order valence-corrected chi connectivity index (χ2v) is 8.15. The van der Waals surface area contributed by atoms with Crippen molar-refractivity contribution in [2.45, 2.75) is 5.51 Å². The highest BCUT2D eigenvalue weighted by Gasteiger charge is 2.48. The van der Waals surface area contributed by atoms with Crippen molar-refractivity contribution in [2.75, 3.05) is 0 Å². The van der Waals surface area contributed by atoms with E-state index >= 15 is 0 Å². The first-order valence-corrected chi connectivity index (χ1v) is 10.2. The van der Waals surface area contributed by atoms with Gasteiger partial charge in [-0.3, -0.25) is 10.1 Å². The number of rotatable bonds is 4. The van der Waals surface area contributed by atoms with Gasteiger partial charge in [-0.2, -0.15) is 21.6 Å². The summed E-state index contributed by atoms with van der Waals surface area (Å²) in [7, 11) is -5.86. The van der Waals surface area contributed by atoms with Gasteiger partial charge in [0.2, 0.25) is 0 Å². The summed E-state index contributed by atoms with van der Waals surface area (Å²) in [6.45, 7) is 0. The normalized spacial score (nSPS) is 14.2. The highest BCUT2D eigenvalue weighted by molar-refractivity contribution is 7.88. The molecule has 10 heteroatoms. The van der Waals surface area contributed by atoms with Crippen LogP contribution in [0.1, 0.15) is 16.7 Å². The minimum absolute atomic E-state index is 0.0690. The van der Waals surface area contributed by atoms with Crippen molar-refractivity contribution in [2.24, 2.45) is 0 Å². The summed E-state index contributed by atoms with van der Waals surface area (Å²) in [5.41, 5.74) is -2.46. The first kappa shape index (κ1) is 20.6. The molecule has 0 aliphatic heterocycles. The Balaban J connectivity index is 1.89. The molecule has 3 aromatic rings. The minimum atomic E-state index is -5.86. The molecule has 0 bridgehead atoms. The average molecular weight is 447 g/mol. The van der Waals surface area contributed by atoms with Gasteiger partial charge < -0.3 is 4.18 Å². The number of non-ortho nitro benzene ring substituents is 1. The molecule has 1 aliphatic rings.